The van der Waals surface area contributed by atoms with Crippen LogP contribution in [0.4, 0.5) is 0 Å². The molecule has 0 aromatic carbocycles. The van der Waals surface area contributed by atoms with E-state index in [4.69, 9.17) is 0 Å². The summed E-state index contributed by atoms with van der Waals surface area (Å²) in [7, 11) is 3.38. The zero-order valence-corrected chi connectivity index (χ0v) is 15.3. The Morgan fingerprint density at radius 2 is 1.65 bits per heavy atom. The highest BCUT2D eigenvalue weighted by atomic mass is 16.2. The molecule has 2 N–H and O–H groups in total. The van der Waals surface area contributed by atoms with Crippen LogP contribution in [0.15, 0.2) is 4.99 Å². The fourth-order valence-electron chi connectivity index (χ4n) is 2.55. The highest BCUT2D eigenvalue weighted by Gasteiger charge is 2.29. The molecule has 1 rings (SSSR count). The maximum Gasteiger partial charge on any atom is 0.227 e. The van der Waals surface area contributed by atoms with Gasteiger partial charge in [-0.1, -0.05) is 13.8 Å². The zero-order chi connectivity index (χ0) is 17.6. The molecule has 1 aliphatic heterocycles. The van der Waals surface area contributed by atoms with E-state index in [0.717, 1.165) is 19.0 Å². The minimum Gasteiger partial charge on any atom is -0.359 e. The van der Waals surface area contributed by atoms with Crippen molar-refractivity contribution < 1.29 is 9.59 Å². The number of guanidine groups is 1. The third-order valence-corrected chi connectivity index (χ3v) is 4.13. The highest BCUT2D eigenvalue weighted by Crippen LogP contribution is 2.14. The van der Waals surface area contributed by atoms with Crippen LogP contribution in [0.25, 0.3) is 0 Å². The van der Waals surface area contributed by atoms with Crippen molar-refractivity contribution in [3.63, 3.8) is 0 Å². The largest absolute Gasteiger partial charge is 0.359 e. The molecule has 0 radical (unpaired) electrons. The SMILES string of the molecule is CN=C(NCC(C)(C)C(=O)NC)N1CCN(C(=O)C(C)C)CC1. The second-order valence-corrected chi connectivity index (χ2v) is 6.83. The lowest BCUT2D eigenvalue weighted by molar-refractivity contribution is -0.135. The monoisotopic (exact) mass is 325 g/mol. The maximum atomic E-state index is 12.0. The Morgan fingerprint density at radius 3 is 2.09 bits per heavy atom. The van der Waals surface area contributed by atoms with Gasteiger partial charge in [-0.3, -0.25) is 14.6 Å². The number of carbonyl (C=O) groups is 2. The molecule has 0 aliphatic carbocycles. The summed E-state index contributed by atoms with van der Waals surface area (Å²) in [5.41, 5.74) is -0.514. The van der Waals surface area contributed by atoms with Gasteiger partial charge in [0.2, 0.25) is 11.8 Å². The number of hydrogen-bond acceptors (Lipinski definition) is 3. The molecule has 7 nitrogen and oxygen atoms in total. The van der Waals surface area contributed by atoms with Crippen LogP contribution < -0.4 is 10.6 Å². The summed E-state index contributed by atoms with van der Waals surface area (Å²) in [6.45, 7) is 11.1. The first-order valence-electron chi connectivity index (χ1n) is 8.19. The molecule has 0 saturated carbocycles. The van der Waals surface area contributed by atoms with Crippen LogP contribution in [-0.4, -0.2) is 74.4 Å². The lowest BCUT2D eigenvalue weighted by atomic mass is 9.92. The summed E-state index contributed by atoms with van der Waals surface area (Å²) in [6.07, 6.45) is 0. The van der Waals surface area contributed by atoms with Crippen LogP contribution in [0.1, 0.15) is 27.7 Å². The van der Waals surface area contributed by atoms with E-state index in [9.17, 15) is 9.59 Å². The second kappa shape index (κ2) is 8.17. The first-order valence-corrected chi connectivity index (χ1v) is 8.19. The lowest BCUT2D eigenvalue weighted by Gasteiger charge is -2.37. The Balaban J connectivity index is 2.55. The Labute approximate surface area is 139 Å². The number of amides is 2. The first-order chi connectivity index (χ1) is 10.7. The Kier molecular flexibility index (Phi) is 6.84. The molecule has 0 aromatic heterocycles. The number of nitrogens with one attached hydrogen (secondary N) is 2. The number of aliphatic imine (C=N–C) groups is 1. The van der Waals surface area contributed by atoms with Crippen molar-refractivity contribution in [3.8, 4) is 0 Å². The van der Waals surface area contributed by atoms with Crippen molar-refractivity contribution in [2.75, 3.05) is 46.8 Å². The van der Waals surface area contributed by atoms with Gasteiger partial charge in [0.05, 0.1) is 5.41 Å². The van der Waals surface area contributed by atoms with Crippen LogP contribution >= 0.6 is 0 Å². The maximum absolute atomic E-state index is 12.0. The second-order valence-electron chi connectivity index (χ2n) is 6.83. The van der Waals surface area contributed by atoms with Crippen LogP contribution in [0.5, 0.6) is 0 Å². The molecule has 2 amide bonds. The number of hydrogen-bond donors (Lipinski definition) is 2. The van der Waals surface area contributed by atoms with E-state index in [1.165, 1.54) is 0 Å². The van der Waals surface area contributed by atoms with Crippen molar-refractivity contribution in [1.29, 1.82) is 0 Å². The van der Waals surface area contributed by atoms with Crippen LogP contribution in [0, 0.1) is 11.3 Å². The minimum atomic E-state index is -0.514. The summed E-state index contributed by atoms with van der Waals surface area (Å²) in [4.78, 5) is 32.2. The van der Waals surface area contributed by atoms with Crippen molar-refractivity contribution in [2.45, 2.75) is 27.7 Å². The van der Waals surface area contributed by atoms with Gasteiger partial charge in [0, 0.05) is 52.7 Å². The number of piperazine rings is 1. The third kappa shape index (κ3) is 5.11. The van der Waals surface area contributed by atoms with E-state index in [-0.39, 0.29) is 17.7 Å². The van der Waals surface area contributed by atoms with Crippen molar-refractivity contribution in [2.24, 2.45) is 16.3 Å². The molecule has 1 aliphatic rings. The highest BCUT2D eigenvalue weighted by molar-refractivity contribution is 5.84. The lowest BCUT2D eigenvalue weighted by Crippen LogP contribution is -2.55. The normalized spacial score (nSPS) is 16.6. The predicted octanol–water partition coefficient (Wildman–Crippen LogP) is 0.134. The van der Waals surface area contributed by atoms with Gasteiger partial charge in [-0.05, 0) is 13.8 Å². The number of rotatable bonds is 4. The van der Waals surface area contributed by atoms with Gasteiger partial charge in [0.25, 0.3) is 0 Å². The molecule has 0 bridgehead atoms. The van der Waals surface area contributed by atoms with E-state index in [0.29, 0.717) is 19.6 Å². The van der Waals surface area contributed by atoms with Crippen molar-refractivity contribution in [3.05, 3.63) is 0 Å². The molecule has 7 heteroatoms. The smallest absolute Gasteiger partial charge is 0.227 e. The summed E-state index contributed by atoms with van der Waals surface area (Å²) in [5, 5.41) is 5.95. The zero-order valence-electron chi connectivity index (χ0n) is 15.3. The fourth-order valence-corrected chi connectivity index (χ4v) is 2.55. The van der Waals surface area contributed by atoms with Crippen LogP contribution in [0.2, 0.25) is 0 Å². The minimum absolute atomic E-state index is 0.00666. The molecule has 23 heavy (non-hydrogen) atoms. The Morgan fingerprint density at radius 1 is 1.13 bits per heavy atom. The molecule has 1 saturated heterocycles. The Bertz CT molecular complexity index is 451. The molecule has 132 valence electrons. The first kappa shape index (κ1) is 19.3. The molecule has 1 heterocycles. The summed E-state index contributed by atoms with van der Waals surface area (Å²) < 4.78 is 0. The standard InChI is InChI=1S/C16H31N5O2/c1-12(2)13(22)20-7-9-21(10-8-20)15(18-6)19-11-16(3,4)14(23)17-5/h12H,7-11H2,1-6H3,(H,17,23)(H,18,19). The van der Waals surface area contributed by atoms with Crippen LogP contribution in [-0.2, 0) is 9.59 Å². The quantitative estimate of drug-likeness (QED) is 0.569. The van der Waals surface area contributed by atoms with E-state index < -0.39 is 5.41 Å². The van der Waals surface area contributed by atoms with E-state index in [1.807, 2.05) is 32.6 Å². The molecule has 1 fully saturated rings. The summed E-state index contributed by atoms with van der Waals surface area (Å²) >= 11 is 0. The van der Waals surface area contributed by atoms with Gasteiger partial charge in [0.15, 0.2) is 5.96 Å². The van der Waals surface area contributed by atoms with E-state index >= 15 is 0 Å². The molecule has 0 unspecified atom stereocenters. The van der Waals surface area contributed by atoms with Gasteiger partial charge in [-0.25, -0.2) is 0 Å². The molecular weight excluding hydrogens is 294 g/mol. The van der Waals surface area contributed by atoms with E-state index in [2.05, 4.69) is 20.5 Å². The summed E-state index contributed by atoms with van der Waals surface area (Å²) in [6, 6.07) is 0. The van der Waals surface area contributed by atoms with Gasteiger partial charge >= 0.3 is 0 Å². The molecule has 0 aromatic rings. The third-order valence-electron chi connectivity index (χ3n) is 4.13. The summed E-state index contributed by atoms with van der Waals surface area (Å²) in [5.74, 6) is 1.01. The van der Waals surface area contributed by atoms with Gasteiger partial charge < -0.3 is 20.4 Å². The predicted molar refractivity (Wildman–Crippen MR) is 92.2 cm³/mol. The Hall–Kier alpha value is -1.79. The van der Waals surface area contributed by atoms with Crippen LogP contribution in [0.3, 0.4) is 0 Å². The van der Waals surface area contributed by atoms with E-state index in [1.54, 1.807) is 14.1 Å². The number of nitrogens with zero attached hydrogens (tertiary/aromatic N) is 3. The van der Waals surface area contributed by atoms with Crippen molar-refractivity contribution >= 4 is 17.8 Å². The van der Waals surface area contributed by atoms with Gasteiger partial charge in [0.1, 0.15) is 0 Å². The average Bonchev–Trinajstić information content (AvgIpc) is 2.54. The molecule has 0 atom stereocenters. The fraction of sp³-hybridized carbons (Fsp3) is 0.812. The average molecular weight is 325 g/mol. The number of carbonyl (C=O) groups excluding carboxylic acids is 2. The van der Waals surface area contributed by atoms with Gasteiger partial charge in [-0.15, -0.1) is 0 Å². The van der Waals surface area contributed by atoms with Crippen molar-refractivity contribution in [1.82, 2.24) is 20.4 Å². The topological polar surface area (TPSA) is 77.0 Å². The van der Waals surface area contributed by atoms with Gasteiger partial charge in [-0.2, -0.15) is 0 Å². The molecule has 0 spiro atoms. The molecular formula is C16H31N5O2.